The van der Waals surface area contributed by atoms with Gasteiger partial charge in [0.05, 0.1) is 7.11 Å². The highest BCUT2D eigenvalue weighted by molar-refractivity contribution is 5.49. The standard InChI is InChI=1S/C12H20N2O/c1-7-5-11(15-4)8(2)9(3)12(7)10(14)6-13/h5,10H,6,13-14H2,1-4H3/t10-/m0/s1. The molecule has 0 unspecified atom stereocenters. The van der Waals surface area contributed by atoms with Crippen molar-refractivity contribution in [2.45, 2.75) is 26.8 Å². The summed E-state index contributed by atoms with van der Waals surface area (Å²) in [7, 11) is 1.68. The van der Waals surface area contributed by atoms with Crippen molar-refractivity contribution in [1.82, 2.24) is 0 Å². The Morgan fingerprint density at radius 3 is 2.33 bits per heavy atom. The average Bonchev–Trinajstić information content (AvgIpc) is 2.23. The van der Waals surface area contributed by atoms with Gasteiger partial charge < -0.3 is 16.2 Å². The summed E-state index contributed by atoms with van der Waals surface area (Å²) >= 11 is 0. The van der Waals surface area contributed by atoms with Crippen molar-refractivity contribution in [2.75, 3.05) is 13.7 Å². The fourth-order valence-electron chi connectivity index (χ4n) is 1.97. The van der Waals surface area contributed by atoms with Gasteiger partial charge in [-0.05, 0) is 49.1 Å². The first-order chi connectivity index (χ1) is 7.02. The monoisotopic (exact) mass is 208 g/mol. The molecule has 0 bridgehead atoms. The summed E-state index contributed by atoms with van der Waals surface area (Å²) in [5.41, 5.74) is 16.2. The van der Waals surface area contributed by atoms with Gasteiger partial charge in [0, 0.05) is 12.6 Å². The highest BCUT2D eigenvalue weighted by Crippen LogP contribution is 2.30. The van der Waals surface area contributed by atoms with E-state index in [9.17, 15) is 0 Å². The smallest absolute Gasteiger partial charge is 0.122 e. The molecule has 0 aliphatic rings. The maximum Gasteiger partial charge on any atom is 0.122 e. The van der Waals surface area contributed by atoms with Crippen LogP contribution < -0.4 is 16.2 Å². The van der Waals surface area contributed by atoms with Crippen molar-refractivity contribution in [3.8, 4) is 5.75 Å². The molecule has 0 spiro atoms. The second-order valence-corrected chi connectivity index (χ2v) is 3.90. The van der Waals surface area contributed by atoms with Crippen molar-refractivity contribution < 1.29 is 4.74 Å². The van der Waals surface area contributed by atoms with Crippen molar-refractivity contribution in [3.05, 3.63) is 28.3 Å². The maximum absolute atomic E-state index is 5.99. The first-order valence-corrected chi connectivity index (χ1v) is 5.13. The van der Waals surface area contributed by atoms with Gasteiger partial charge in [0.25, 0.3) is 0 Å². The third-order valence-electron chi connectivity index (χ3n) is 2.95. The molecule has 0 radical (unpaired) electrons. The minimum atomic E-state index is -0.0883. The number of methoxy groups -OCH3 is 1. The molecule has 0 saturated carbocycles. The van der Waals surface area contributed by atoms with Gasteiger partial charge in [-0.3, -0.25) is 0 Å². The second-order valence-electron chi connectivity index (χ2n) is 3.90. The SMILES string of the molecule is COc1cc(C)c([C@@H](N)CN)c(C)c1C. The normalized spacial score (nSPS) is 12.7. The zero-order valence-electron chi connectivity index (χ0n) is 9.92. The van der Waals surface area contributed by atoms with Gasteiger partial charge in [-0.15, -0.1) is 0 Å². The van der Waals surface area contributed by atoms with Gasteiger partial charge in [-0.2, -0.15) is 0 Å². The average molecular weight is 208 g/mol. The van der Waals surface area contributed by atoms with E-state index in [1.165, 1.54) is 5.56 Å². The van der Waals surface area contributed by atoms with Crippen molar-refractivity contribution >= 4 is 0 Å². The highest BCUT2D eigenvalue weighted by Gasteiger charge is 2.14. The number of rotatable bonds is 3. The van der Waals surface area contributed by atoms with Crippen LogP contribution in [0.3, 0.4) is 0 Å². The van der Waals surface area contributed by atoms with E-state index >= 15 is 0 Å². The van der Waals surface area contributed by atoms with E-state index in [4.69, 9.17) is 16.2 Å². The fourth-order valence-corrected chi connectivity index (χ4v) is 1.97. The topological polar surface area (TPSA) is 61.3 Å². The molecule has 0 aromatic heterocycles. The summed E-state index contributed by atoms with van der Waals surface area (Å²) in [6.45, 7) is 6.61. The molecule has 1 atom stereocenters. The Morgan fingerprint density at radius 1 is 1.27 bits per heavy atom. The van der Waals surface area contributed by atoms with Gasteiger partial charge in [-0.1, -0.05) is 0 Å². The van der Waals surface area contributed by atoms with Gasteiger partial charge in [0.15, 0.2) is 0 Å². The quantitative estimate of drug-likeness (QED) is 0.792. The molecular formula is C12H20N2O. The number of benzene rings is 1. The van der Waals surface area contributed by atoms with Crippen LogP contribution in [0, 0.1) is 20.8 Å². The Balaban J connectivity index is 3.35. The Kier molecular flexibility index (Phi) is 3.72. The summed E-state index contributed by atoms with van der Waals surface area (Å²) in [5, 5.41) is 0. The predicted molar refractivity (Wildman–Crippen MR) is 63.2 cm³/mol. The minimum absolute atomic E-state index is 0.0883. The van der Waals surface area contributed by atoms with E-state index in [-0.39, 0.29) is 6.04 Å². The van der Waals surface area contributed by atoms with Gasteiger partial charge in [0.1, 0.15) is 5.75 Å². The summed E-state index contributed by atoms with van der Waals surface area (Å²) in [6, 6.07) is 1.93. The van der Waals surface area contributed by atoms with E-state index in [0.717, 1.165) is 22.4 Å². The van der Waals surface area contributed by atoms with Gasteiger partial charge >= 0.3 is 0 Å². The lowest BCUT2D eigenvalue weighted by atomic mass is 9.92. The van der Waals surface area contributed by atoms with Crippen LogP contribution >= 0.6 is 0 Å². The first-order valence-electron chi connectivity index (χ1n) is 5.13. The third kappa shape index (κ3) is 2.13. The van der Waals surface area contributed by atoms with Crippen LogP contribution in [-0.2, 0) is 0 Å². The molecule has 3 heteroatoms. The first kappa shape index (κ1) is 12.0. The van der Waals surface area contributed by atoms with Crippen LogP contribution in [0.1, 0.15) is 28.3 Å². The predicted octanol–water partition coefficient (Wildman–Crippen LogP) is 1.58. The lowest BCUT2D eigenvalue weighted by molar-refractivity contribution is 0.410. The fraction of sp³-hybridized carbons (Fsp3) is 0.500. The summed E-state index contributed by atoms with van der Waals surface area (Å²) in [6.07, 6.45) is 0. The van der Waals surface area contributed by atoms with Crippen molar-refractivity contribution in [2.24, 2.45) is 11.5 Å². The lowest BCUT2D eigenvalue weighted by Crippen LogP contribution is -2.23. The molecule has 0 saturated heterocycles. The van der Waals surface area contributed by atoms with Crippen LogP contribution in [0.15, 0.2) is 6.07 Å². The third-order valence-corrected chi connectivity index (χ3v) is 2.95. The largest absolute Gasteiger partial charge is 0.496 e. The summed E-state index contributed by atoms with van der Waals surface area (Å²) in [5.74, 6) is 0.915. The molecule has 15 heavy (non-hydrogen) atoms. The molecule has 3 nitrogen and oxygen atoms in total. The number of aryl methyl sites for hydroxylation is 1. The van der Waals surface area contributed by atoms with Gasteiger partial charge in [0.2, 0.25) is 0 Å². The molecule has 1 rings (SSSR count). The van der Waals surface area contributed by atoms with Crippen molar-refractivity contribution in [1.29, 1.82) is 0 Å². The zero-order chi connectivity index (χ0) is 11.6. The molecule has 1 aromatic carbocycles. The lowest BCUT2D eigenvalue weighted by Gasteiger charge is -2.19. The Hall–Kier alpha value is -1.06. The molecule has 0 aliphatic heterocycles. The van der Waals surface area contributed by atoms with E-state index in [1.54, 1.807) is 7.11 Å². The second kappa shape index (κ2) is 4.64. The maximum atomic E-state index is 5.99. The van der Waals surface area contributed by atoms with Crippen molar-refractivity contribution in [3.63, 3.8) is 0 Å². The zero-order valence-corrected chi connectivity index (χ0v) is 9.92. The van der Waals surface area contributed by atoms with Gasteiger partial charge in [-0.25, -0.2) is 0 Å². The Bertz CT molecular complexity index is 361. The summed E-state index contributed by atoms with van der Waals surface area (Å²) < 4.78 is 5.30. The Morgan fingerprint density at radius 2 is 1.87 bits per heavy atom. The molecule has 0 fully saturated rings. The van der Waals surface area contributed by atoms with Crippen LogP contribution in [0.2, 0.25) is 0 Å². The molecule has 0 heterocycles. The van der Waals surface area contributed by atoms with Crippen LogP contribution in [0.4, 0.5) is 0 Å². The molecule has 84 valence electrons. The molecule has 4 N–H and O–H groups in total. The molecule has 0 aliphatic carbocycles. The van der Waals surface area contributed by atoms with Crippen LogP contribution in [0.25, 0.3) is 0 Å². The molecule has 0 amide bonds. The van der Waals surface area contributed by atoms with E-state index in [0.29, 0.717) is 6.54 Å². The number of nitrogens with two attached hydrogens (primary N) is 2. The van der Waals surface area contributed by atoms with Crippen LogP contribution in [0.5, 0.6) is 5.75 Å². The highest BCUT2D eigenvalue weighted by atomic mass is 16.5. The minimum Gasteiger partial charge on any atom is -0.496 e. The number of hydrogen-bond donors (Lipinski definition) is 2. The van der Waals surface area contributed by atoms with E-state index in [1.807, 2.05) is 19.9 Å². The number of hydrogen-bond acceptors (Lipinski definition) is 3. The van der Waals surface area contributed by atoms with Crippen LogP contribution in [-0.4, -0.2) is 13.7 Å². The molecule has 1 aromatic rings. The summed E-state index contributed by atoms with van der Waals surface area (Å²) in [4.78, 5) is 0. The Labute approximate surface area is 91.4 Å². The number of ether oxygens (including phenoxy) is 1. The van der Waals surface area contributed by atoms with E-state index < -0.39 is 0 Å². The van der Waals surface area contributed by atoms with E-state index in [2.05, 4.69) is 6.92 Å². The molecular weight excluding hydrogens is 188 g/mol.